The number of nitrogens with zero attached hydrogens (tertiary/aromatic N) is 2. The number of amides is 1. The first kappa shape index (κ1) is 21.6. The lowest BCUT2D eigenvalue weighted by atomic mass is 9.97. The van der Waals surface area contributed by atoms with Crippen molar-refractivity contribution in [2.75, 3.05) is 5.73 Å². The highest BCUT2D eigenvalue weighted by molar-refractivity contribution is 7.13. The second-order valence-corrected chi connectivity index (χ2v) is 6.92. The molecule has 5 nitrogen and oxygen atoms in total. The molecule has 0 spiro atoms. The van der Waals surface area contributed by atoms with Crippen LogP contribution in [-0.2, 0) is 12.4 Å². The van der Waals surface area contributed by atoms with Gasteiger partial charge in [-0.1, -0.05) is 12.1 Å². The van der Waals surface area contributed by atoms with E-state index < -0.39 is 41.1 Å². The molecule has 0 fully saturated rings. The second kappa shape index (κ2) is 7.94. The minimum absolute atomic E-state index is 0.0243. The van der Waals surface area contributed by atoms with Crippen LogP contribution in [0.1, 0.15) is 38.9 Å². The summed E-state index contributed by atoms with van der Waals surface area (Å²) in [5.74, 6) is -0.855. The molecule has 0 aliphatic rings. The van der Waals surface area contributed by atoms with Crippen molar-refractivity contribution in [3.8, 4) is 0 Å². The monoisotopic (exact) mass is 446 g/mol. The Morgan fingerprint density at radius 1 is 1.03 bits per heavy atom. The van der Waals surface area contributed by atoms with Crippen molar-refractivity contribution in [2.45, 2.75) is 18.4 Å². The van der Waals surface area contributed by atoms with Gasteiger partial charge in [-0.2, -0.15) is 26.3 Å². The lowest BCUT2D eigenvalue weighted by Crippen LogP contribution is -2.32. The van der Waals surface area contributed by atoms with Crippen LogP contribution in [0.15, 0.2) is 48.0 Å². The predicted octanol–water partition coefficient (Wildman–Crippen LogP) is 4.68. The summed E-state index contributed by atoms with van der Waals surface area (Å²) in [6.45, 7) is 0. The molecule has 0 aliphatic heterocycles. The number of alkyl halides is 6. The molecule has 1 amide bonds. The van der Waals surface area contributed by atoms with E-state index in [2.05, 4.69) is 15.3 Å². The normalized spacial score (nSPS) is 13.1. The fourth-order valence-electron chi connectivity index (χ4n) is 2.66. The van der Waals surface area contributed by atoms with Crippen LogP contribution in [0.5, 0.6) is 0 Å². The van der Waals surface area contributed by atoms with Crippen LogP contribution in [0.25, 0.3) is 0 Å². The van der Waals surface area contributed by atoms with Crippen molar-refractivity contribution in [1.29, 1.82) is 0 Å². The summed E-state index contributed by atoms with van der Waals surface area (Å²) >= 11 is 0.949. The number of halogens is 6. The lowest BCUT2D eigenvalue weighted by molar-refractivity contribution is -0.139. The zero-order valence-corrected chi connectivity index (χ0v) is 15.6. The zero-order chi connectivity index (χ0) is 22.1. The van der Waals surface area contributed by atoms with Gasteiger partial charge in [-0.3, -0.25) is 9.78 Å². The second-order valence-electron chi connectivity index (χ2n) is 6.03. The molecule has 0 bridgehead atoms. The number of nitrogens with two attached hydrogens (primary N) is 1. The van der Waals surface area contributed by atoms with E-state index in [9.17, 15) is 31.1 Å². The van der Waals surface area contributed by atoms with Gasteiger partial charge in [-0.15, -0.1) is 11.3 Å². The summed E-state index contributed by atoms with van der Waals surface area (Å²) in [6, 6.07) is 3.75. The minimum atomic E-state index is -4.80. The topological polar surface area (TPSA) is 80.9 Å². The third kappa shape index (κ3) is 4.70. The van der Waals surface area contributed by atoms with Crippen LogP contribution in [0.3, 0.4) is 0 Å². The van der Waals surface area contributed by atoms with Crippen molar-refractivity contribution in [1.82, 2.24) is 15.3 Å². The number of nitrogens with one attached hydrogen (secondary N) is 1. The number of carbonyl (C=O) groups excluding carboxylic acids is 1. The molecule has 1 atom stereocenters. The van der Waals surface area contributed by atoms with E-state index in [-0.39, 0.29) is 16.4 Å². The molecule has 0 saturated carbocycles. The van der Waals surface area contributed by atoms with Crippen LogP contribution in [0.2, 0.25) is 0 Å². The van der Waals surface area contributed by atoms with E-state index in [0.29, 0.717) is 12.1 Å². The molecule has 30 heavy (non-hydrogen) atoms. The molecule has 1 aromatic carbocycles. The van der Waals surface area contributed by atoms with Crippen LogP contribution in [-0.4, -0.2) is 15.9 Å². The quantitative estimate of drug-likeness (QED) is 0.571. The fraction of sp³-hybridized carbons (Fsp3) is 0.167. The highest BCUT2D eigenvalue weighted by Crippen LogP contribution is 2.36. The highest BCUT2D eigenvalue weighted by atomic mass is 32.1. The summed E-state index contributed by atoms with van der Waals surface area (Å²) in [5, 5.41) is 3.73. The Morgan fingerprint density at radius 2 is 1.70 bits per heavy atom. The molecule has 2 heterocycles. The van der Waals surface area contributed by atoms with Gasteiger partial charge in [-0.25, -0.2) is 4.98 Å². The average molecular weight is 446 g/mol. The Balaban J connectivity index is 2.07. The number of hydrogen-bond acceptors (Lipinski definition) is 5. The fourth-order valence-corrected chi connectivity index (χ4v) is 3.20. The van der Waals surface area contributed by atoms with Crippen molar-refractivity contribution >= 4 is 22.4 Å². The third-order valence-electron chi connectivity index (χ3n) is 4.02. The summed E-state index contributed by atoms with van der Waals surface area (Å²) in [4.78, 5) is 20.0. The van der Waals surface area contributed by atoms with Crippen LogP contribution in [0, 0.1) is 0 Å². The molecule has 3 N–H and O–H groups in total. The number of rotatable bonds is 4. The Labute approximate surface area is 169 Å². The number of anilines is 1. The molecule has 3 aromatic rings. The number of benzene rings is 1. The molecule has 0 unspecified atom stereocenters. The van der Waals surface area contributed by atoms with E-state index in [1.54, 1.807) is 0 Å². The maximum atomic E-state index is 13.5. The third-order valence-corrected chi connectivity index (χ3v) is 4.69. The Morgan fingerprint density at radius 3 is 2.23 bits per heavy atom. The number of thiazole rings is 1. The first-order chi connectivity index (χ1) is 14.0. The number of carbonyl (C=O) groups is 1. The van der Waals surface area contributed by atoms with Gasteiger partial charge in [0.25, 0.3) is 5.91 Å². The first-order valence-corrected chi connectivity index (χ1v) is 9.06. The molecular formula is C18H12F6N4OS. The largest absolute Gasteiger partial charge is 0.418 e. The molecular weight excluding hydrogens is 434 g/mol. The van der Waals surface area contributed by atoms with E-state index in [1.807, 2.05) is 0 Å². The summed E-state index contributed by atoms with van der Waals surface area (Å²) in [5.41, 5.74) is 2.62. The predicted molar refractivity (Wildman–Crippen MR) is 96.5 cm³/mol. The molecule has 0 saturated heterocycles. The van der Waals surface area contributed by atoms with Crippen LogP contribution in [0.4, 0.5) is 31.5 Å². The van der Waals surface area contributed by atoms with E-state index in [4.69, 9.17) is 5.73 Å². The molecule has 12 heteroatoms. The SMILES string of the molecule is Nc1nc(C(=O)N[C@@H](c2ccc(C(F)(F)F)cc2)c2ncccc2C(F)(F)F)cs1. The summed E-state index contributed by atoms with van der Waals surface area (Å²) in [6.07, 6.45) is -8.34. The van der Waals surface area contributed by atoms with Gasteiger partial charge in [0, 0.05) is 11.6 Å². The Hall–Kier alpha value is -3.15. The van der Waals surface area contributed by atoms with Gasteiger partial charge in [-0.05, 0) is 29.8 Å². The van der Waals surface area contributed by atoms with Gasteiger partial charge in [0.2, 0.25) is 0 Å². The number of hydrogen-bond donors (Lipinski definition) is 2. The number of pyridine rings is 1. The van der Waals surface area contributed by atoms with Crippen LogP contribution >= 0.6 is 11.3 Å². The van der Waals surface area contributed by atoms with Crippen molar-refractivity contribution < 1.29 is 31.1 Å². The van der Waals surface area contributed by atoms with Gasteiger partial charge in [0.05, 0.1) is 22.9 Å². The average Bonchev–Trinajstić information content (AvgIpc) is 3.11. The van der Waals surface area contributed by atoms with E-state index >= 15 is 0 Å². The van der Waals surface area contributed by atoms with Gasteiger partial charge in [0.15, 0.2) is 5.13 Å². The highest BCUT2D eigenvalue weighted by Gasteiger charge is 2.37. The standard InChI is InChI=1S/C18H12F6N4OS/c19-17(20,21)10-5-3-9(4-6-10)13(28-15(29)12-8-30-16(25)27-12)14-11(18(22,23)24)2-1-7-26-14/h1-8,13H,(H2,25,27)(H,28,29)/t13-/m0/s1. The smallest absolute Gasteiger partial charge is 0.375 e. The van der Waals surface area contributed by atoms with Crippen molar-refractivity contribution in [3.05, 3.63) is 76.1 Å². The van der Waals surface area contributed by atoms with E-state index in [1.165, 1.54) is 5.38 Å². The maximum Gasteiger partial charge on any atom is 0.418 e. The zero-order valence-electron chi connectivity index (χ0n) is 14.8. The van der Waals surface area contributed by atoms with Gasteiger partial charge in [0.1, 0.15) is 5.69 Å². The Bertz CT molecular complexity index is 1050. The summed E-state index contributed by atoms with van der Waals surface area (Å²) in [7, 11) is 0. The lowest BCUT2D eigenvalue weighted by Gasteiger charge is -2.22. The van der Waals surface area contributed by atoms with Crippen molar-refractivity contribution in [2.24, 2.45) is 0 Å². The molecule has 0 radical (unpaired) electrons. The molecule has 158 valence electrons. The summed E-state index contributed by atoms with van der Waals surface area (Å²) < 4.78 is 79.0. The first-order valence-electron chi connectivity index (χ1n) is 8.18. The van der Waals surface area contributed by atoms with Crippen LogP contribution < -0.4 is 11.1 Å². The Kier molecular flexibility index (Phi) is 5.70. The van der Waals surface area contributed by atoms with Crippen molar-refractivity contribution in [3.63, 3.8) is 0 Å². The van der Waals surface area contributed by atoms with E-state index in [0.717, 1.165) is 41.8 Å². The minimum Gasteiger partial charge on any atom is -0.375 e. The molecule has 3 rings (SSSR count). The van der Waals surface area contributed by atoms with Gasteiger partial charge < -0.3 is 11.1 Å². The maximum absolute atomic E-state index is 13.5. The molecule has 0 aliphatic carbocycles. The molecule has 2 aromatic heterocycles. The number of nitrogen functional groups attached to an aromatic ring is 1. The van der Waals surface area contributed by atoms with Gasteiger partial charge >= 0.3 is 12.4 Å². The number of aromatic nitrogens is 2.